The van der Waals surface area contributed by atoms with Crippen molar-refractivity contribution in [3.8, 4) is 0 Å². The van der Waals surface area contributed by atoms with Crippen LogP contribution in [0.3, 0.4) is 0 Å². The van der Waals surface area contributed by atoms with Crippen LogP contribution < -0.4 is 5.73 Å². The zero-order valence-electron chi connectivity index (χ0n) is 10.4. The summed E-state index contributed by atoms with van der Waals surface area (Å²) in [5, 5.41) is 1.38. The molecule has 2 heteroatoms. The molecule has 2 aromatic rings. The summed E-state index contributed by atoms with van der Waals surface area (Å²) in [6, 6.07) is 4.96. The highest BCUT2D eigenvalue weighted by Gasteiger charge is 2.13. The van der Waals surface area contributed by atoms with E-state index < -0.39 is 0 Å². The predicted molar refractivity (Wildman–Crippen MR) is 72.3 cm³/mol. The molecule has 0 saturated heterocycles. The number of rotatable bonds is 2. The van der Waals surface area contributed by atoms with Gasteiger partial charge in [0, 0.05) is 23.1 Å². The summed E-state index contributed by atoms with van der Waals surface area (Å²) < 4.78 is 0. The molecule has 17 heavy (non-hydrogen) atoms. The number of hydrogen-bond donors (Lipinski definition) is 2. The smallest absolute Gasteiger partial charge is 0.0459 e. The highest BCUT2D eigenvalue weighted by Crippen LogP contribution is 2.28. The summed E-state index contributed by atoms with van der Waals surface area (Å²) in [5.74, 6) is 0. The minimum absolute atomic E-state index is 0.227. The second-order valence-electron chi connectivity index (χ2n) is 5.37. The molecule has 1 aromatic carbocycles. The van der Waals surface area contributed by atoms with Crippen molar-refractivity contribution in [3.63, 3.8) is 0 Å². The number of H-pyrrole nitrogens is 1. The largest absolute Gasteiger partial charge is 0.361 e. The highest BCUT2D eigenvalue weighted by molar-refractivity contribution is 5.85. The van der Waals surface area contributed by atoms with Gasteiger partial charge in [0.2, 0.25) is 0 Å². The third-order valence-corrected chi connectivity index (χ3v) is 3.77. The van der Waals surface area contributed by atoms with Crippen molar-refractivity contribution in [3.05, 3.63) is 35.0 Å². The quantitative estimate of drug-likeness (QED) is 0.815. The Bertz CT molecular complexity index is 537. The zero-order chi connectivity index (χ0) is 11.8. The molecule has 0 radical (unpaired) electrons. The van der Waals surface area contributed by atoms with E-state index in [-0.39, 0.29) is 6.04 Å². The van der Waals surface area contributed by atoms with Gasteiger partial charge in [-0.25, -0.2) is 0 Å². The number of aromatic nitrogens is 1. The first-order valence-corrected chi connectivity index (χ1v) is 6.61. The van der Waals surface area contributed by atoms with Crippen LogP contribution in [0.1, 0.15) is 36.5 Å². The Hall–Kier alpha value is -1.28. The van der Waals surface area contributed by atoms with Gasteiger partial charge in [0.25, 0.3) is 0 Å². The van der Waals surface area contributed by atoms with Crippen LogP contribution in [-0.4, -0.2) is 11.0 Å². The van der Waals surface area contributed by atoms with Gasteiger partial charge in [-0.3, -0.25) is 0 Å². The van der Waals surface area contributed by atoms with E-state index in [2.05, 4.69) is 30.2 Å². The first-order chi connectivity index (χ1) is 8.24. The second-order valence-corrected chi connectivity index (χ2v) is 5.37. The number of benzene rings is 1. The maximum Gasteiger partial charge on any atom is 0.0459 e. The van der Waals surface area contributed by atoms with E-state index in [0.29, 0.717) is 0 Å². The molecule has 3 N–H and O–H groups in total. The lowest BCUT2D eigenvalue weighted by Gasteiger charge is -2.15. The first kappa shape index (κ1) is 10.8. The van der Waals surface area contributed by atoms with Crippen molar-refractivity contribution in [2.45, 2.75) is 45.1 Å². The average Bonchev–Trinajstić information content (AvgIpc) is 2.68. The van der Waals surface area contributed by atoms with Crippen molar-refractivity contribution in [2.75, 3.05) is 0 Å². The fourth-order valence-electron chi connectivity index (χ4n) is 2.93. The maximum absolute atomic E-state index is 5.90. The SMILES string of the molecule is CC(N)Cc1c[nH]c2cc3c(cc12)CCCC3. The summed E-state index contributed by atoms with van der Waals surface area (Å²) in [5.41, 5.74) is 11.6. The normalized spacial score (nSPS) is 17.1. The lowest BCUT2D eigenvalue weighted by atomic mass is 9.90. The fraction of sp³-hybridized carbons (Fsp3) is 0.467. The summed E-state index contributed by atoms with van der Waals surface area (Å²) in [6.07, 6.45) is 8.25. The Labute approximate surface area is 102 Å². The van der Waals surface area contributed by atoms with E-state index >= 15 is 0 Å². The maximum atomic E-state index is 5.90. The van der Waals surface area contributed by atoms with Crippen molar-refractivity contribution < 1.29 is 0 Å². The standard InChI is InChI=1S/C15H20N2/c1-10(16)6-13-9-17-15-8-12-5-3-2-4-11(12)7-14(13)15/h7-10,17H,2-6,16H2,1H3. The monoisotopic (exact) mass is 228 g/mol. The molecule has 1 atom stereocenters. The van der Waals surface area contributed by atoms with Crippen molar-refractivity contribution in [1.29, 1.82) is 0 Å². The molecule has 90 valence electrons. The molecule has 3 rings (SSSR count). The molecular weight excluding hydrogens is 208 g/mol. The van der Waals surface area contributed by atoms with Crippen molar-refractivity contribution in [1.82, 2.24) is 4.98 Å². The number of hydrogen-bond acceptors (Lipinski definition) is 1. The highest BCUT2D eigenvalue weighted by atomic mass is 14.7. The van der Waals surface area contributed by atoms with Gasteiger partial charge < -0.3 is 10.7 Å². The van der Waals surface area contributed by atoms with E-state index in [0.717, 1.165) is 6.42 Å². The molecule has 1 aliphatic carbocycles. The van der Waals surface area contributed by atoms with Crippen LogP contribution in [0, 0.1) is 0 Å². The number of fused-ring (bicyclic) bond motifs is 2. The van der Waals surface area contributed by atoms with E-state index in [4.69, 9.17) is 5.73 Å². The van der Waals surface area contributed by atoms with Crippen LogP contribution >= 0.6 is 0 Å². The molecule has 1 heterocycles. The average molecular weight is 228 g/mol. The van der Waals surface area contributed by atoms with Gasteiger partial charge in [0.15, 0.2) is 0 Å². The van der Waals surface area contributed by atoms with Crippen LogP contribution in [0.25, 0.3) is 10.9 Å². The van der Waals surface area contributed by atoms with Gasteiger partial charge in [0.1, 0.15) is 0 Å². The van der Waals surface area contributed by atoms with E-state index in [9.17, 15) is 0 Å². The van der Waals surface area contributed by atoms with Gasteiger partial charge in [-0.05, 0) is 67.9 Å². The van der Waals surface area contributed by atoms with Crippen LogP contribution in [0.4, 0.5) is 0 Å². The third-order valence-electron chi connectivity index (χ3n) is 3.77. The molecule has 0 amide bonds. The number of nitrogens with two attached hydrogens (primary N) is 1. The Morgan fingerprint density at radius 3 is 2.65 bits per heavy atom. The molecule has 2 nitrogen and oxygen atoms in total. The van der Waals surface area contributed by atoms with E-state index in [1.807, 2.05) is 0 Å². The third kappa shape index (κ3) is 1.98. The van der Waals surface area contributed by atoms with Crippen LogP contribution in [0.5, 0.6) is 0 Å². The lowest BCUT2D eigenvalue weighted by Crippen LogP contribution is -2.17. The van der Waals surface area contributed by atoms with Gasteiger partial charge in [-0.15, -0.1) is 0 Å². The Morgan fingerprint density at radius 1 is 1.24 bits per heavy atom. The molecule has 0 aliphatic heterocycles. The second kappa shape index (κ2) is 4.19. The summed E-state index contributed by atoms with van der Waals surface area (Å²) in [7, 11) is 0. The van der Waals surface area contributed by atoms with Crippen molar-refractivity contribution >= 4 is 10.9 Å². The Kier molecular flexibility index (Phi) is 2.67. The van der Waals surface area contributed by atoms with E-state index in [1.165, 1.54) is 47.7 Å². The topological polar surface area (TPSA) is 41.8 Å². The molecular formula is C15H20N2. The molecule has 1 unspecified atom stereocenters. The minimum atomic E-state index is 0.227. The molecule has 0 bridgehead atoms. The molecule has 1 aromatic heterocycles. The number of nitrogens with one attached hydrogen (secondary N) is 1. The van der Waals surface area contributed by atoms with Crippen LogP contribution in [-0.2, 0) is 19.3 Å². The van der Waals surface area contributed by atoms with Crippen LogP contribution in [0.2, 0.25) is 0 Å². The van der Waals surface area contributed by atoms with Crippen molar-refractivity contribution in [2.24, 2.45) is 5.73 Å². The van der Waals surface area contributed by atoms with Gasteiger partial charge in [-0.1, -0.05) is 0 Å². The Balaban J connectivity index is 2.09. The predicted octanol–water partition coefficient (Wildman–Crippen LogP) is 2.94. The Morgan fingerprint density at radius 2 is 1.94 bits per heavy atom. The minimum Gasteiger partial charge on any atom is -0.361 e. The lowest BCUT2D eigenvalue weighted by molar-refractivity contribution is 0.687. The van der Waals surface area contributed by atoms with E-state index in [1.54, 1.807) is 5.56 Å². The zero-order valence-corrected chi connectivity index (χ0v) is 10.4. The summed E-state index contributed by atoms with van der Waals surface area (Å²) >= 11 is 0. The van der Waals surface area contributed by atoms with Gasteiger partial charge in [0.05, 0.1) is 0 Å². The number of aromatic amines is 1. The molecule has 0 spiro atoms. The summed E-state index contributed by atoms with van der Waals surface area (Å²) in [4.78, 5) is 3.39. The van der Waals surface area contributed by atoms with Crippen LogP contribution in [0.15, 0.2) is 18.3 Å². The summed E-state index contributed by atoms with van der Waals surface area (Å²) in [6.45, 7) is 2.07. The molecule has 1 aliphatic rings. The van der Waals surface area contributed by atoms with Gasteiger partial charge >= 0.3 is 0 Å². The van der Waals surface area contributed by atoms with Gasteiger partial charge in [-0.2, -0.15) is 0 Å². The first-order valence-electron chi connectivity index (χ1n) is 6.61. The fourth-order valence-corrected chi connectivity index (χ4v) is 2.93. The number of aryl methyl sites for hydroxylation is 2. The molecule has 0 fully saturated rings. The molecule has 0 saturated carbocycles.